The van der Waals surface area contributed by atoms with Crippen LogP contribution in [0.15, 0.2) is 12.1 Å². The van der Waals surface area contributed by atoms with Crippen molar-refractivity contribution in [1.29, 1.82) is 0 Å². The Hall–Kier alpha value is -1.02. The molecule has 0 heterocycles. The van der Waals surface area contributed by atoms with Gasteiger partial charge in [0, 0.05) is 22.6 Å². The molecular formula is C10H9ClO2. The average molecular weight is 197 g/mol. The first-order chi connectivity index (χ1) is 6.22. The number of rotatable bonds is 1. The van der Waals surface area contributed by atoms with Crippen molar-refractivity contribution < 1.29 is 9.53 Å². The van der Waals surface area contributed by atoms with Gasteiger partial charge in [-0.15, -0.1) is 0 Å². The van der Waals surface area contributed by atoms with Crippen LogP contribution in [0.25, 0.3) is 0 Å². The molecule has 2 nitrogen and oxygen atoms in total. The Balaban J connectivity index is 2.63. The largest absolute Gasteiger partial charge is 0.496 e. The lowest BCUT2D eigenvalue weighted by atomic mass is 10.1. The average Bonchev–Trinajstić information content (AvgIpc) is 2.47. The lowest BCUT2D eigenvalue weighted by Gasteiger charge is -2.06. The Morgan fingerprint density at radius 2 is 2.15 bits per heavy atom. The van der Waals surface area contributed by atoms with Crippen LogP contribution in [0.5, 0.6) is 5.75 Å². The molecule has 0 fully saturated rings. The van der Waals surface area contributed by atoms with Gasteiger partial charge in [-0.1, -0.05) is 11.6 Å². The molecular weight excluding hydrogens is 188 g/mol. The highest BCUT2D eigenvalue weighted by atomic mass is 35.5. The first kappa shape index (κ1) is 8.57. The molecule has 0 unspecified atom stereocenters. The van der Waals surface area contributed by atoms with Gasteiger partial charge < -0.3 is 4.74 Å². The molecule has 3 heteroatoms. The van der Waals surface area contributed by atoms with Crippen LogP contribution in [0.1, 0.15) is 22.3 Å². The number of carbonyl (C=O) groups excluding carboxylic acids is 1. The van der Waals surface area contributed by atoms with Gasteiger partial charge in [0.1, 0.15) is 5.75 Å². The normalized spacial score (nSPS) is 14.5. The number of fused-ring (bicyclic) bond motifs is 1. The molecule has 0 atom stereocenters. The van der Waals surface area contributed by atoms with Gasteiger partial charge in [0.15, 0.2) is 5.78 Å². The van der Waals surface area contributed by atoms with E-state index in [1.807, 2.05) is 0 Å². The van der Waals surface area contributed by atoms with Gasteiger partial charge in [-0.05, 0) is 18.6 Å². The summed E-state index contributed by atoms with van der Waals surface area (Å²) in [6, 6.07) is 3.47. The summed E-state index contributed by atoms with van der Waals surface area (Å²) in [7, 11) is 1.59. The summed E-state index contributed by atoms with van der Waals surface area (Å²) >= 11 is 5.84. The number of halogens is 1. The van der Waals surface area contributed by atoms with E-state index in [0.29, 0.717) is 11.4 Å². The number of hydrogen-bond donors (Lipinski definition) is 0. The second-order valence-corrected chi connectivity index (χ2v) is 3.49. The van der Waals surface area contributed by atoms with Gasteiger partial charge in [0.25, 0.3) is 0 Å². The van der Waals surface area contributed by atoms with E-state index in [-0.39, 0.29) is 5.78 Å². The molecule has 13 heavy (non-hydrogen) atoms. The molecule has 0 saturated heterocycles. The topological polar surface area (TPSA) is 26.3 Å². The number of Topliss-reactive ketones (excluding diaryl/α,β-unsaturated/α-hetero) is 1. The fraction of sp³-hybridized carbons (Fsp3) is 0.300. The van der Waals surface area contributed by atoms with Gasteiger partial charge in [0.2, 0.25) is 0 Å². The Kier molecular flexibility index (Phi) is 2.00. The summed E-state index contributed by atoms with van der Waals surface area (Å²) < 4.78 is 5.15. The molecule has 0 saturated carbocycles. The van der Waals surface area contributed by atoms with Gasteiger partial charge in [0.05, 0.1) is 7.11 Å². The summed E-state index contributed by atoms with van der Waals surface area (Å²) in [5, 5.41) is 0.561. The molecule has 1 aromatic carbocycles. The summed E-state index contributed by atoms with van der Waals surface area (Å²) in [6.45, 7) is 0. The highest BCUT2D eigenvalue weighted by molar-refractivity contribution is 6.31. The van der Waals surface area contributed by atoms with Crippen molar-refractivity contribution in [3.8, 4) is 5.75 Å². The van der Waals surface area contributed by atoms with Crippen LogP contribution in [0.2, 0.25) is 5.02 Å². The molecule has 0 N–H and O–H groups in total. The smallest absolute Gasteiger partial charge is 0.163 e. The molecule has 0 amide bonds. The van der Waals surface area contributed by atoms with Crippen molar-refractivity contribution in [1.82, 2.24) is 0 Å². The fourth-order valence-electron chi connectivity index (χ4n) is 1.67. The second kappa shape index (κ2) is 3.04. The molecule has 0 radical (unpaired) electrons. The van der Waals surface area contributed by atoms with Crippen molar-refractivity contribution in [3.63, 3.8) is 0 Å². The Morgan fingerprint density at radius 1 is 1.38 bits per heavy atom. The summed E-state index contributed by atoms with van der Waals surface area (Å²) in [6.07, 6.45) is 1.35. The second-order valence-electron chi connectivity index (χ2n) is 3.06. The van der Waals surface area contributed by atoms with Crippen LogP contribution in [-0.4, -0.2) is 12.9 Å². The number of ketones is 1. The molecule has 68 valence electrons. The molecule has 0 spiro atoms. The fourth-order valence-corrected chi connectivity index (χ4v) is 1.88. The van der Waals surface area contributed by atoms with Crippen LogP contribution >= 0.6 is 11.6 Å². The van der Waals surface area contributed by atoms with Gasteiger partial charge >= 0.3 is 0 Å². The molecule has 1 aliphatic carbocycles. The zero-order valence-electron chi connectivity index (χ0n) is 7.26. The third kappa shape index (κ3) is 1.31. The molecule has 2 rings (SSSR count). The van der Waals surface area contributed by atoms with Crippen molar-refractivity contribution in [2.24, 2.45) is 0 Å². The van der Waals surface area contributed by atoms with E-state index in [0.717, 1.165) is 23.3 Å². The molecule has 0 bridgehead atoms. The lowest BCUT2D eigenvalue weighted by Crippen LogP contribution is -1.93. The zero-order chi connectivity index (χ0) is 9.42. The number of ether oxygens (including phenoxy) is 1. The molecule has 0 aliphatic heterocycles. The number of carbonyl (C=O) groups is 1. The van der Waals surface area contributed by atoms with E-state index in [1.54, 1.807) is 19.2 Å². The minimum absolute atomic E-state index is 0.163. The van der Waals surface area contributed by atoms with Gasteiger partial charge in [-0.2, -0.15) is 0 Å². The first-order valence-corrected chi connectivity index (χ1v) is 4.50. The highest BCUT2D eigenvalue weighted by Crippen LogP contribution is 2.33. The maximum Gasteiger partial charge on any atom is 0.163 e. The SMILES string of the molecule is COc1cc(Cl)cc2c1CCC2=O. The minimum Gasteiger partial charge on any atom is -0.496 e. The van der Waals surface area contributed by atoms with Crippen LogP contribution in [0.4, 0.5) is 0 Å². The summed E-state index contributed by atoms with van der Waals surface area (Å²) in [4.78, 5) is 11.4. The molecule has 1 aliphatic rings. The van der Waals surface area contributed by atoms with Crippen molar-refractivity contribution >= 4 is 17.4 Å². The quantitative estimate of drug-likeness (QED) is 0.690. The highest BCUT2D eigenvalue weighted by Gasteiger charge is 2.23. The van der Waals surface area contributed by atoms with Crippen molar-refractivity contribution in [2.75, 3.05) is 7.11 Å². The first-order valence-electron chi connectivity index (χ1n) is 4.12. The monoisotopic (exact) mass is 196 g/mol. The zero-order valence-corrected chi connectivity index (χ0v) is 8.02. The standard InChI is InChI=1S/C10H9ClO2/c1-13-10-5-6(11)4-8-7(10)2-3-9(8)12/h4-5H,2-3H2,1H3. The van der Waals surface area contributed by atoms with Crippen LogP contribution in [0.3, 0.4) is 0 Å². The Bertz CT molecular complexity index is 371. The van der Waals surface area contributed by atoms with Crippen molar-refractivity contribution in [3.05, 3.63) is 28.3 Å². The third-order valence-electron chi connectivity index (χ3n) is 2.30. The van der Waals surface area contributed by atoms with E-state index in [1.165, 1.54) is 0 Å². The molecule has 1 aromatic rings. The Labute approximate surface area is 81.5 Å². The van der Waals surface area contributed by atoms with E-state index in [9.17, 15) is 4.79 Å². The van der Waals surface area contributed by atoms with Crippen LogP contribution in [-0.2, 0) is 6.42 Å². The number of hydrogen-bond acceptors (Lipinski definition) is 2. The number of methoxy groups -OCH3 is 1. The van der Waals surface area contributed by atoms with E-state index < -0.39 is 0 Å². The van der Waals surface area contributed by atoms with Crippen LogP contribution < -0.4 is 4.74 Å². The van der Waals surface area contributed by atoms with E-state index in [4.69, 9.17) is 16.3 Å². The number of benzene rings is 1. The van der Waals surface area contributed by atoms with Crippen LogP contribution in [0, 0.1) is 0 Å². The summed E-state index contributed by atoms with van der Waals surface area (Å²) in [5.74, 6) is 0.893. The van der Waals surface area contributed by atoms with Crippen molar-refractivity contribution in [2.45, 2.75) is 12.8 Å². The predicted octanol–water partition coefficient (Wildman–Crippen LogP) is 2.48. The van der Waals surface area contributed by atoms with E-state index >= 15 is 0 Å². The van der Waals surface area contributed by atoms with Gasteiger partial charge in [-0.25, -0.2) is 0 Å². The maximum atomic E-state index is 11.4. The third-order valence-corrected chi connectivity index (χ3v) is 2.51. The minimum atomic E-state index is 0.163. The maximum absolute atomic E-state index is 11.4. The lowest BCUT2D eigenvalue weighted by molar-refractivity contribution is 0.0994. The Morgan fingerprint density at radius 3 is 2.85 bits per heavy atom. The summed E-state index contributed by atoms with van der Waals surface area (Å²) in [5.41, 5.74) is 1.72. The van der Waals surface area contributed by atoms with Gasteiger partial charge in [-0.3, -0.25) is 4.79 Å². The predicted molar refractivity (Wildman–Crippen MR) is 50.7 cm³/mol. The molecule has 0 aromatic heterocycles. The van der Waals surface area contributed by atoms with E-state index in [2.05, 4.69) is 0 Å².